The molecule has 5 heteroatoms. The van der Waals surface area contributed by atoms with Gasteiger partial charge in [0.1, 0.15) is 4.21 Å². The van der Waals surface area contributed by atoms with Crippen LogP contribution in [0.15, 0.2) is 21.7 Å². The van der Waals surface area contributed by atoms with Crippen molar-refractivity contribution in [2.45, 2.75) is 55.5 Å². The molecule has 1 saturated carbocycles. The molecule has 1 fully saturated rings. The molecule has 108 valence electrons. The van der Waals surface area contributed by atoms with Gasteiger partial charge < -0.3 is 5.32 Å². The van der Waals surface area contributed by atoms with Gasteiger partial charge in [0, 0.05) is 6.04 Å². The lowest BCUT2D eigenvalue weighted by Gasteiger charge is -2.40. The molecule has 1 aliphatic carbocycles. The van der Waals surface area contributed by atoms with Crippen LogP contribution in [0.2, 0.25) is 0 Å². The number of sulfone groups is 1. The molecule has 0 spiro atoms. The maximum absolute atomic E-state index is 12.8. The quantitative estimate of drug-likeness (QED) is 0.929. The first-order valence-electron chi connectivity index (χ1n) is 6.87. The molecule has 1 heterocycles. The van der Waals surface area contributed by atoms with E-state index in [2.05, 4.69) is 19.2 Å². The lowest BCUT2D eigenvalue weighted by Crippen LogP contribution is -2.49. The van der Waals surface area contributed by atoms with Crippen molar-refractivity contribution in [2.75, 3.05) is 6.54 Å². The third-order valence-corrected chi connectivity index (χ3v) is 7.61. The van der Waals surface area contributed by atoms with Gasteiger partial charge in [0.15, 0.2) is 9.84 Å². The Hall–Kier alpha value is -0.390. The average Bonchev–Trinajstić information content (AvgIpc) is 2.85. The Bertz CT molecular complexity index is 506. The van der Waals surface area contributed by atoms with Gasteiger partial charge in [0.2, 0.25) is 0 Å². The molecule has 0 saturated heterocycles. The maximum atomic E-state index is 12.8. The Labute approximate surface area is 120 Å². The monoisotopic (exact) mass is 301 g/mol. The fraction of sp³-hybridized carbons (Fsp3) is 0.714. The Morgan fingerprint density at radius 1 is 1.47 bits per heavy atom. The molecule has 2 atom stereocenters. The van der Waals surface area contributed by atoms with Gasteiger partial charge in [-0.25, -0.2) is 8.42 Å². The normalized spacial score (nSPS) is 27.3. The number of nitrogens with one attached hydrogen (secondary N) is 1. The van der Waals surface area contributed by atoms with Crippen LogP contribution < -0.4 is 5.32 Å². The number of thiophene rings is 1. The highest BCUT2D eigenvalue weighted by atomic mass is 32.2. The Balaban J connectivity index is 2.32. The summed E-state index contributed by atoms with van der Waals surface area (Å²) in [6.07, 6.45) is 2.77. The van der Waals surface area contributed by atoms with Crippen LogP contribution in [0.1, 0.15) is 40.0 Å². The summed E-state index contributed by atoms with van der Waals surface area (Å²) in [7, 11) is -3.21. The topological polar surface area (TPSA) is 46.2 Å². The zero-order valence-electron chi connectivity index (χ0n) is 11.8. The second-order valence-corrected chi connectivity index (χ2v) is 9.43. The second-order valence-electron chi connectivity index (χ2n) is 6.09. The average molecular weight is 301 g/mol. The Morgan fingerprint density at radius 3 is 2.79 bits per heavy atom. The highest BCUT2D eigenvalue weighted by molar-refractivity contribution is 7.94. The third kappa shape index (κ3) is 3.20. The lowest BCUT2D eigenvalue weighted by atomic mass is 9.75. The first kappa shape index (κ1) is 15.0. The Morgan fingerprint density at radius 2 is 2.21 bits per heavy atom. The Kier molecular flexibility index (Phi) is 4.38. The van der Waals surface area contributed by atoms with Crippen LogP contribution in [-0.4, -0.2) is 26.3 Å². The highest BCUT2D eigenvalue weighted by Gasteiger charge is 2.42. The molecule has 0 bridgehead atoms. The summed E-state index contributed by atoms with van der Waals surface area (Å²) in [6.45, 7) is 7.20. The predicted molar refractivity (Wildman–Crippen MR) is 80.4 cm³/mol. The van der Waals surface area contributed by atoms with Gasteiger partial charge in [0.05, 0.1) is 5.25 Å². The van der Waals surface area contributed by atoms with Crippen molar-refractivity contribution in [3.05, 3.63) is 17.5 Å². The van der Waals surface area contributed by atoms with E-state index in [0.717, 1.165) is 25.8 Å². The summed E-state index contributed by atoms with van der Waals surface area (Å²) < 4.78 is 26.1. The minimum Gasteiger partial charge on any atom is -0.313 e. The van der Waals surface area contributed by atoms with Crippen molar-refractivity contribution >= 4 is 21.2 Å². The summed E-state index contributed by atoms with van der Waals surface area (Å²) in [5.74, 6) is 0. The van der Waals surface area contributed by atoms with E-state index in [1.54, 1.807) is 6.07 Å². The van der Waals surface area contributed by atoms with Crippen molar-refractivity contribution in [1.82, 2.24) is 5.32 Å². The van der Waals surface area contributed by atoms with E-state index in [4.69, 9.17) is 0 Å². The van der Waals surface area contributed by atoms with E-state index < -0.39 is 9.84 Å². The summed E-state index contributed by atoms with van der Waals surface area (Å²) in [6, 6.07) is 3.63. The van der Waals surface area contributed by atoms with Gasteiger partial charge in [-0.1, -0.05) is 26.8 Å². The molecule has 0 aliphatic heterocycles. The molecule has 1 aliphatic rings. The van der Waals surface area contributed by atoms with Crippen LogP contribution >= 0.6 is 11.3 Å². The summed E-state index contributed by atoms with van der Waals surface area (Å²) >= 11 is 1.33. The van der Waals surface area contributed by atoms with Gasteiger partial charge in [-0.2, -0.15) is 0 Å². The first-order chi connectivity index (χ1) is 8.87. The van der Waals surface area contributed by atoms with Crippen molar-refractivity contribution < 1.29 is 8.42 Å². The third-order valence-electron chi connectivity index (χ3n) is 3.98. The van der Waals surface area contributed by atoms with E-state index in [1.165, 1.54) is 11.3 Å². The van der Waals surface area contributed by atoms with E-state index >= 15 is 0 Å². The van der Waals surface area contributed by atoms with Crippen molar-refractivity contribution in [2.24, 2.45) is 5.41 Å². The molecule has 1 aromatic heterocycles. The molecule has 1 aromatic rings. The molecule has 0 amide bonds. The van der Waals surface area contributed by atoms with Crippen LogP contribution in [0, 0.1) is 5.41 Å². The van der Waals surface area contributed by atoms with E-state index in [1.807, 2.05) is 18.4 Å². The molecule has 3 nitrogen and oxygen atoms in total. The van der Waals surface area contributed by atoms with E-state index in [9.17, 15) is 8.42 Å². The number of rotatable bonds is 4. The van der Waals surface area contributed by atoms with Crippen molar-refractivity contribution in [3.63, 3.8) is 0 Å². The van der Waals surface area contributed by atoms with Crippen LogP contribution in [0.3, 0.4) is 0 Å². The minimum absolute atomic E-state index is 0.0881. The van der Waals surface area contributed by atoms with E-state index in [-0.39, 0.29) is 16.7 Å². The van der Waals surface area contributed by atoms with Crippen LogP contribution in [-0.2, 0) is 9.84 Å². The number of hydrogen-bond donors (Lipinski definition) is 1. The molecular formula is C14H23NO2S2. The largest absolute Gasteiger partial charge is 0.313 e. The smallest absolute Gasteiger partial charge is 0.192 e. The van der Waals surface area contributed by atoms with Gasteiger partial charge in [-0.15, -0.1) is 11.3 Å². The molecular weight excluding hydrogens is 278 g/mol. The fourth-order valence-electron chi connectivity index (χ4n) is 2.92. The van der Waals surface area contributed by atoms with Crippen LogP contribution in [0.4, 0.5) is 0 Å². The molecule has 19 heavy (non-hydrogen) atoms. The molecule has 0 radical (unpaired) electrons. The fourth-order valence-corrected chi connectivity index (χ4v) is 6.34. The number of hydrogen-bond acceptors (Lipinski definition) is 4. The molecule has 1 N–H and O–H groups in total. The minimum atomic E-state index is -3.21. The zero-order valence-corrected chi connectivity index (χ0v) is 13.5. The van der Waals surface area contributed by atoms with Gasteiger partial charge in [0.25, 0.3) is 0 Å². The lowest BCUT2D eigenvalue weighted by molar-refractivity contribution is 0.210. The highest BCUT2D eigenvalue weighted by Crippen LogP contribution is 2.40. The van der Waals surface area contributed by atoms with Crippen LogP contribution in [0.25, 0.3) is 0 Å². The summed E-state index contributed by atoms with van der Waals surface area (Å²) in [5, 5.41) is 4.91. The summed E-state index contributed by atoms with van der Waals surface area (Å²) in [4.78, 5) is 0. The maximum Gasteiger partial charge on any atom is 0.192 e. The second kappa shape index (κ2) is 5.54. The predicted octanol–water partition coefficient (Wildman–Crippen LogP) is 3.08. The van der Waals surface area contributed by atoms with E-state index in [0.29, 0.717) is 4.21 Å². The standard InChI is InChI=1S/C14H23NO2S2/c1-4-15-11-7-8-14(2,3)10-12(11)19(16,17)13-6-5-9-18-13/h5-6,9,11-12,15H,4,7-8,10H2,1-3H3. The van der Waals surface area contributed by atoms with Gasteiger partial charge in [-0.3, -0.25) is 0 Å². The first-order valence-corrected chi connectivity index (χ1v) is 9.30. The molecule has 2 rings (SSSR count). The molecule has 0 aromatic carbocycles. The van der Waals surface area contributed by atoms with Crippen molar-refractivity contribution in [1.29, 1.82) is 0 Å². The zero-order chi connectivity index (χ0) is 14.1. The SMILES string of the molecule is CCNC1CCC(C)(C)CC1S(=O)(=O)c1cccs1. The van der Waals surface area contributed by atoms with Crippen LogP contribution in [0.5, 0.6) is 0 Å². The van der Waals surface area contributed by atoms with Gasteiger partial charge in [-0.05, 0) is 42.7 Å². The van der Waals surface area contributed by atoms with Gasteiger partial charge >= 0.3 is 0 Å². The summed E-state index contributed by atoms with van der Waals surface area (Å²) in [5.41, 5.74) is 0.112. The van der Waals surface area contributed by atoms with Crippen molar-refractivity contribution in [3.8, 4) is 0 Å². The molecule has 2 unspecified atom stereocenters.